The number of hydrogen-bond donors (Lipinski definition) is 3. The van der Waals surface area contributed by atoms with Gasteiger partial charge in [-0.2, -0.15) is 10.4 Å². The van der Waals surface area contributed by atoms with Crippen molar-refractivity contribution in [1.82, 2.24) is 0 Å². The molecular formula is C12H13N5. The monoisotopic (exact) mass is 227 g/mol. The van der Waals surface area contributed by atoms with Crippen LogP contribution in [0.1, 0.15) is 17.5 Å². The van der Waals surface area contributed by atoms with E-state index in [-0.39, 0.29) is 11.5 Å². The smallest absolute Gasteiger partial charge is 0.201 e. The number of nitrogens with zero attached hydrogens (tertiary/aromatic N) is 2. The van der Waals surface area contributed by atoms with Gasteiger partial charge in [0.1, 0.15) is 6.07 Å². The second-order valence-corrected chi connectivity index (χ2v) is 3.89. The van der Waals surface area contributed by atoms with Crippen LogP contribution in [0.25, 0.3) is 0 Å². The maximum absolute atomic E-state index is 8.73. The highest BCUT2D eigenvalue weighted by molar-refractivity contribution is 6.45. The zero-order valence-electron chi connectivity index (χ0n) is 9.33. The maximum Gasteiger partial charge on any atom is 0.201 e. The first-order chi connectivity index (χ1) is 8.22. The van der Waals surface area contributed by atoms with Gasteiger partial charge in [-0.05, 0) is 36.5 Å². The van der Waals surface area contributed by atoms with E-state index in [1.54, 1.807) is 6.07 Å². The summed E-state index contributed by atoms with van der Waals surface area (Å²) in [5.41, 5.74) is 11.4. The zero-order chi connectivity index (χ0) is 12.3. The molecule has 0 heterocycles. The highest BCUT2D eigenvalue weighted by atomic mass is 15.3. The van der Waals surface area contributed by atoms with E-state index in [4.69, 9.17) is 16.4 Å². The summed E-state index contributed by atoms with van der Waals surface area (Å²) in [5.74, 6) is -0.326. The number of fused-ring (bicyclic) bond motifs is 1. The summed E-state index contributed by atoms with van der Waals surface area (Å²) >= 11 is 0. The molecular weight excluding hydrogens is 214 g/mol. The number of aryl methyl sites for hydroxylation is 1. The van der Waals surface area contributed by atoms with Crippen molar-refractivity contribution in [2.24, 2.45) is 10.8 Å². The molecule has 0 fully saturated rings. The minimum atomic E-state index is -0.326. The summed E-state index contributed by atoms with van der Waals surface area (Å²) in [6, 6.07) is 7.76. The zero-order valence-corrected chi connectivity index (χ0v) is 9.33. The second-order valence-electron chi connectivity index (χ2n) is 3.89. The van der Waals surface area contributed by atoms with Crippen molar-refractivity contribution in [2.45, 2.75) is 19.3 Å². The number of hydrogen-bond acceptors (Lipinski definition) is 4. The Bertz CT molecular complexity index is 524. The standard InChI is InChI=1S/C12H13N5/c13-7-11(12(14)15)17-16-10-6-2-4-8-3-1-5-9(8)10/h2,4,6,16H,1,3,5H2,(H3,14,15)/b17-11+. The number of rotatable bonds is 3. The molecule has 1 aliphatic rings. The lowest BCUT2D eigenvalue weighted by atomic mass is 10.1. The number of nitrogens with two attached hydrogens (primary N) is 1. The highest BCUT2D eigenvalue weighted by Crippen LogP contribution is 2.28. The molecule has 0 radical (unpaired) electrons. The summed E-state index contributed by atoms with van der Waals surface area (Å²) in [7, 11) is 0. The third-order valence-electron chi connectivity index (χ3n) is 2.80. The van der Waals surface area contributed by atoms with Gasteiger partial charge >= 0.3 is 0 Å². The molecule has 0 atom stereocenters. The molecule has 86 valence electrons. The molecule has 0 saturated carbocycles. The molecule has 0 bridgehead atoms. The van der Waals surface area contributed by atoms with E-state index < -0.39 is 0 Å². The van der Waals surface area contributed by atoms with Crippen molar-refractivity contribution in [3.8, 4) is 6.07 Å². The van der Waals surface area contributed by atoms with Gasteiger partial charge in [0.2, 0.25) is 5.71 Å². The molecule has 0 aromatic heterocycles. The average Bonchev–Trinajstić information content (AvgIpc) is 2.78. The molecule has 5 heteroatoms. The highest BCUT2D eigenvalue weighted by Gasteiger charge is 2.14. The number of hydrazone groups is 1. The van der Waals surface area contributed by atoms with Crippen molar-refractivity contribution in [3.05, 3.63) is 29.3 Å². The summed E-state index contributed by atoms with van der Waals surface area (Å²) in [4.78, 5) is 0. The largest absolute Gasteiger partial charge is 0.382 e. The lowest BCUT2D eigenvalue weighted by Crippen LogP contribution is -2.22. The van der Waals surface area contributed by atoms with E-state index in [0.29, 0.717) is 0 Å². The number of benzene rings is 1. The normalized spacial score (nSPS) is 13.9. The third kappa shape index (κ3) is 2.26. The Morgan fingerprint density at radius 3 is 3.00 bits per heavy atom. The van der Waals surface area contributed by atoms with Crippen LogP contribution in [0.15, 0.2) is 23.3 Å². The van der Waals surface area contributed by atoms with E-state index in [0.717, 1.165) is 24.9 Å². The molecule has 0 amide bonds. The number of nitriles is 1. The fourth-order valence-corrected chi connectivity index (χ4v) is 1.99. The van der Waals surface area contributed by atoms with Gasteiger partial charge in [-0.3, -0.25) is 10.8 Å². The van der Waals surface area contributed by atoms with Gasteiger partial charge in [-0.25, -0.2) is 0 Å². The lowest BCUT2D eigenvalue weighted by molar-refractivity contribution is 0.911. The van der Waals surface area contributed by atoms with Crippen LogP contribution in [0.4, 0.5) is 5.69 Å². The predicted molar refractivity (Wildman–Crippen MR) is 67.1 cm³/mol. The molecule has 1 aromatic carbocycles. The first-order valence-corrected chi connectivity index (χ1v) is 5.41. The van der Waals surface area contributed by atoms with Gasteiger partial charge in [-0.15, -0.1) is 0 Å². The van der Waals surface area contributed by atoms with Crippen molar-refractivity contribution >= 4 is 17.2 Å². The Morgan fingerprint density at radius 2 is 2.29 bits per heavy atom. The molecule has 1 aliphatic carbocycles. The fourth-order valence-electron chi connectivity index (χ4n) is 1.99. The summed E-state index contributed by atoms with van der Waals surface area (Å²) in [6.07, 6.45) is 3.26. The number of amidine groups is 1. The van der Waals surface area contributed by atoms with Crippen molar-refractivity contribution in [1.29, 1.82) is 10.7 Å². The minimum absolute atomic E-state index is 0.0967. The predicted octanol–water partition coefficient (Wildman–Crippen LogP) is 1.40. The van der Waals surface area contributed by atoms with Gasteiger partial charge in [0, 0.05) is 0 Å². The van der Waals surface area contributed by atoms with Crippen LogP contribution in [0, 0.1) is 16.7 Å². The van der Waals surface area contributed by atoms with Gasteiger partial charge in [0.15, 0.2) is 5.84 Å². The molecule has 0 spiro atoms. The molecule has 0 saturated heterocycles. The minimum Gasteiger partial charge on any atom is -0.382 e. The molecule has 17 heavy (non-hydrogen) atoms. The molecule has 2 rings (SSSR count). The molecule has 0 unspecified atom stereocenters. The van der Waals surface area contributed by atoms with Crippen molar-refractivity contribution in [2.75, 3.05) is 5.43 Å². The van der Waals surface area contributed by atoms with Crippen LogP contribution in [-0.2, 0) is 12.8 Å². The molecule has 1 aromatic rings. The van der Waals surface area contributed by atoms with Crippen LogP contribution in [0.2, 0.25) is 0 Å². The van der Waals surface area contributed by atoms with Crippen molar-refractivity contribution in [3.63, 3.8) is 0 Å². The van der Waals surface area contributed by atoms with Crippen LogP contribution >= 0.6 is 0 Å². The second kappa shape index (κ2) is 4.66. The molecule has 0 aliphatic heterocycles. The van der Waals surface area contributed by atoms with Crippen LogP contribution < -0.4 is 11.2 Å². The first-order valence-electron chi connectivity index (χ1n) is 5.41. The Balaban J connectivity index is 2.24. The third-order valence-corrected chi connectivity index (χ3v) is 2.80. The van der Waals surface area contributed by atoms with Gasteiger partial charge < -0.3 is 5.73 Å². The summed E-state index contributed by atoms with van der Waals surface area (Å²) in [6.45, 7) is 0. The van der Waals surface area contributed by atoms with Gasteiger partial charge in [0.25, 0.3) is 0 Å². The van der Waals surface area contributed by atoms with Gasteiger partial charge in [0.05, 0.1) is 5.69 Å². The van der Waals surface area contributed by atoms with Crippen LogP contribution in [0.5, 0.6) is 0 Å². The van der Waals surface area contributed by atoms with Gasteiger partial charge in [-0.1, -0.05) is 12.1 Å². The molecule has 5 nitrogen and oxygen atoms in total. The van der Waals surface area contributed by atoms with Crippen LogP contribution in [0.3, 0.4) is 0 Å². The SMILES string of the molecule is N#C/C(=N\Nc1cccc2c1CCC2)C(=N)N. The van der Waals surface area contributed by atoms with Crippen LogP contribution in [-0.4, -0.2) is 11.5 Å². The van der Waals surface area contributed by atoms with E-state index in [1.165, 1.54) is 11.1 Å². The Labute approximate surface area is 99.4 Å². The van der Waals surface area contributed by atoms with E-state index in [9.17, 15) is 0 Å². The Kier molecular flexibility index (Phi) is 3.06. The molecule has 4 N–H and O–H groups in total. The number of anilines is 1. The summed E-state index contributed by atoms with van der Waals surface area (Å²) < 4.78 is 0. The van der Waals surface area contributed by atoms with E-state index in [1.807, 2.05) is 12.1 Å². The van der Waals surface area contributed by atoms with Crippen molar-refractivity contribution < 1.29 is 0 Å². The lowest BCUT2D eigenvalue weighted by Gasteiger charge is -2.07. The Hall–Kier alpha value is -2.35. The van der Waals surface area contributed by atoms with E-state index >= 15 is 0 Å². The first kappa shape index (κ1) is 11.1. The van der Waals surface area contributed by atoms with E-state index in [2.05, 4.69) is 16.6 Å². The Morgan fingerprint density at radius 1 is 1.47 bits per heavy atom. The number of nitrogens with one attached hydrogen (secondary N) is 2. The topological polar surface area (TPSA) is 98.0 Å². The fraction of sp³-hybridized carbons (Fsp3) is 0.250. The maximum atomic E-state index is 8.73. The summed E-state index contributed by atoms with van der Waals surface area (Å²) in [5, 5.41) is 19.7. The quantitative estimate of drug-likeness (QED) is 0.413. The average molecular weight is 227 g/mol.